The Bertz CT molecular complexity index is 1080. The summed E-state index contributed by atoms with van der Waals surface area (Å²) in [5.74, 6) is 1.98. The molecule has 1 aliphatic rings. The number of imidazole rings is 1. The van der Waals surface area contributed by atoms with Crippen molar-refractivity contribution in [2.45, 2.75) is 25.8 Å². The molecule has 0 saturated heterocycles. The Morgan fingerprint density at radius 2 is 2.04 bits per heavy atom. The number of nitrogens with one attached hydrogen (secondary N) is 1. The Labute approximate surface area is 148 Å². The standard InChI is InChI=1S/C17H16ClN7/c1-10(11-2-3-11)22-16-19-7-14-13(4-5-25(14)23-16)12-6-20-17-21-8-15(18)24(17)9-12/h4-11H,2-3H2,1H3,(H,22,23)/t10-/m0/s1. The maximum atomic E-state index is 6.15. The molecule has 1 N–H and O–H groups in total. The number of hydrogen-bond donors (Lipinski definition) is 1. The first-order valence-electron chi connectivity index (χ1n) is 8.29. The van der Waals surface area contributed by atoms with E-state index < -0.39 is 0 Å². The van der Waals surface area contributed by atoms with Crippen LogP contribution in [0.15, 0.2) is 37.1 Å². The van der Waals surface area contributed by atoms with E-state index in [1.807, 2.05) is 29.2 Å². The molecule has 1 saturated carbocycles. The van der Waals surface area contributed by atoms with Crippen LogP contribution in [0.1, 0.15) is 19.8 Å². The van der Waals surface area contributed by atoms with E-state index in [0.717, 1.165) is 22.6 Å². The number of nitrogens with zero attached hydrogens (tertiary/aromatic N) is 6. The van der Waals surface area contributed by atoms with E-state index in [2.05, 4.69) is 32.3 Å². The van der Waals surface area contributed by atoms with Gasteiger partial charge in [0.05, 0.1) is 17.9 Å². The van der Waals surface area contributed by atoms with Crippen LogP contribution in [0.5, 0.6) is 0 Å². The normalized spacial score (nSPS) is 15.8. The smallest absolute Gasteiger partial charge is 0.241 e. The predicted octanol–water partition coefficient (Wildman–Crippen LogP) is 3.30. The lowest BCUT2D eigenvalue weighted by atomic mass is 10.1. The molecule has 1 aliphatic carbocycles. The SMILES string of the molecule is C[C@H](Nc1ncc2c(-c3cnc4ncc(Cl)n4c3)ccn2n1)C1CC1. The third-order valence-electron chi connectivity index (χ3n) is 4.73. The number of rotatable bonds is 4. The van der Waals surface area contributed by atoms with Gasteiger partial charge in [-0.05, 0) is 31.7 Å². The first kappa shape index (κ1) is 14.7. The van der Waals surface area contributed by atoms with Crippen molar-refractivity contribution in [2.75, 3.05) is 5.32 Å². The first-order chi connectivity index (χ1) is 12.2. The fraction of sp³-hybridized carbons (Fsp3) is 0.294. The van der Waals surface area contributed by atoms with Crippen molar-refractivity contribution in [3.05, 3.63) is 42.2 Å². The molecule has 8 heteroatoms. The monoisotopic (exact) mass is 353 g/mol. The van der Waals surface area contributed by atoms with Gasteiger partial charge in [-0.2, -0.15) is 0 Å². The number of aromatic nitrogens is 6. The maximum Gasteiger partial charge on any atom is 0.241 e. The summed E-state index contributed by atoms with van der Waals surface area (Å²) in [4.78, 5) is 13.0. The van der Waals surface area contributed by atoms with Crippen molar-refractivity contribution in [3.63, 3.8) is 0 Å². The van der Waals surface area contributed by atoms with Crippen molar-refractivity contribution in [1.82, 2.24) is 29.0 Å². The van der Waals surface area contributed by atoms with Crippen molar-refractivity contribution in [3.8, 4) is 11.1 Å². The molecule has 126 valence electrons. The highest BCUT2D eigenvalue weighted by Gasteiger charge is 2.28. The van der Waals surface area contributed by atoms with Gasteiger partial charge < -0.3 is 5.32 Å². The molecule has 5 rings (SSSR count). The van der Waals surface area contributed by atoms with E-state index in [-0.39, 0.29) is 0 Å². The molecule has 0 unspecified atom stereocenters. The summed E-state index contributed by atoms with van der Waals surface area (Å²) in [5.41, 5.74) is 2.86. The molecule has 0 bridgehead atoms. The number of anilines is 1. The Hall–Kier alpha value is -2.67. The van der Waals surface area contributed by atoms with Crippen molar-refractivity contribution in [1.29, 1.82) is 0 Å². The lowest BCUT2D eigenvalue weighted by Gasteiger charge is -2.12. The van der Waals surface area contributed by atoms with E-state index in [1.165, 1.54) is 12.8 Å². The molecule has 0 aromatic carbocycles. The van der Waals surface area contributed by atoms with Gasteiger partial charge in [0, 0.05) is 35.8 Å². The van der Waals surface area contributed by atoms with Crippen LogP contribution in [0.4, 0.5) is 5.95 Å². The topological polar surface area (TPSA) is 72.4 Å². The summed E-state index contributed by atoms with van der Waals surface area (Å²) >= 11 is 6.15. The summed E-state index contributed by atoms with van der Waals surface area (Å²) in [6.45, 7) is 2.18. The molecule has 7 nitrogen and oxygen atoms in total. The summed E-state index contributed by atoms with van der Waals surface area (Å²) in [5, 5.41) is 8.49. The molecule has 4 aromatic rings. The summed E-state index contributed by atoms with van der Waals surface area (Å²) < 4.78 is 3.60. The average molecular weight is 354 g/mol. The Morgan fingerprint density at radius 3 is 2.88 bits per heavy atom. The van der Waals surface area contributed by atoms with E-state index in [1.54, 1.807) is 16.8 Å². The zero-order valence-corrected chi connectivity index (χ0v) is 14.4. The van der Waals surface area contributed by atoms with Gasteiger partial charge in [0.25, 0.3) is 0 Å². The van der Waals surface area contributed by atoms with E-state index >= 15 is 0 Å². The summed E-state index contributed by atoms with van der Waals surface area (Å²) in [6.07, 6.45) is 11.6. The molecule has 1 atom stereocenters. The Kier molecular flexibility index (Phi) is 3.18. The molecule has 0 radical (unpaired) electrons. The average Bonchev–Trinajstić information content (AvgIpc) is 3.30. The van der Waals surface area contributed by atoms with Crippen LogP contribution in [0.3, 0.4) is 0 Å². The predicted molar refractivity (Wildman–Crippen MR) is 95.8 cm³/mol. The highest BCUT2D eigenvalue weighted by Crippen LogP contribution is 2.33. The van der Waals surface area contributed by atoms with E-state index in [0.29, 0.717) is 22.9 Å². The molecule has 0 aliphatic heterocycles. The van der Waals surface area contributed by atoms with Gasteiger partial charge in [-0.1, -0.05) is 11.6 Å². The van der Waals surface area contributed by atoms with Crippen LogP contribution in [0.25, 0.3) is 22.4 Å². The third-order valence-corrected chi connectivity index (χ3v) is 5.01. The third kappa shape index (κ3) is 2.51. The number of fused-ring (bicyclic) bond motifs is 2. The van der Waals surface area contributed by atoms with E-state index in [9.17, 15) is 0 Å². The summed E-state index contributed by atoms with van der Waals surface area (Å²) in [6, 6.07) is 2.41. The van der Waals surface area contributed by atoms with E-state index in [4.69, 9.17) is 11.6 Å². The molecule has 0 amide bonds. The van der Waals surface area contributed by atoms with Gasteiger partial charge in [0.1, 0.15) is 5.15 Å². The highest BCUT2D eigenvalue weighted by molar-refractivity contribution is 6.29. The van der Waals surface area contributed by atoms with Crippen molar-refractivity contribution in [2.24, 2.45) is 5.92 Å². The van der Waals surface area contributed by atoms with Crippen LogP contribution in [0, 0.1) is 5.92 Å². The van der Waals surface area contributed by atoms with Gasteiger partial charge in [-0.15, -0.1) is 5.10 Å². The minimum atomic E-state index is 0.405. The van der Waals surface area contributed by atoms with Crippen molar-refractivity contribution < 1.29 is 0 Å². The van der Waals surface area contributed by atoms with Crippen LogP contribution in [0.2, 0.25) is 5.15 Å². The van der Waals surface area contributed by atoms with Gasteiger partial charge in [-0.25, -0.2) is 19.5 Å². The number of halogens is 1. The Balaban J connectivity index is 1.53. The minimum Gasteiger partial charge on any atom is -0.350 e. The van der Waals surface area contributed by atoms with Gasteiger partial charge in [-0.3, -0.25) is 4.40 Å². The van der Waals surface area contributed by atoms with Gasteiger partial charge in [0.15, 0.2) is 0 Å². The molecular weight excluding hydrogens is 338 g/mol. The lowest BCUT2D eigenvalue weighted by molar-refractivity contribution is 0.681. The van der Waals surface area contributed by atoms with Crippen molar-refractivity contribution >= 4 is 28.8 Å². The fourth-order valence-electron chi connectivity index (χ4n) is 3.11. The van der Waals surface area contributed by atoms with Crippen LogP contribution >= 0.6 is 11.6 Å². The maximum absolute atomic E-state index is 6.15. The van der Waals surface area contributed by atoms with Crippen LogP contribution < -0.4 is 5.32 Å². The highest BCUT2D eigenvalue weighted by atomic mass is 35.5. The van der Waals surface area contributed by atoms with Crippen LogP contribution in [-0.2, 0) is 0 Å². The van der Waals surface area contributed by atoms with Gasteiger partial charge >= 0.3 is 0 Å². The zero-order valence-electron chi connectivity index (χ0n) is 13.6. The molecule has 4 heterocycles. The number of hydrogen-bond acceptors (Lipinski definition) is 5. The second-order valence-corrected chi connectivity index (χ2v) is 6.89. The largest absolute Gasteiger partial charge is 0.350 e. The molecule has 0 spiro atoms. The Morgan fingerprint density at radius 1 is 1.20 bits per heavy atom. The molecule has 4 aromatic heterocycles. The summed E-state index contributed by atoms with van der Waals surface area (Å²) in [7, 11) is 0. The van der Waals surface area contributed by atoms with Crippen LogP contribution in [-0.4, -0.2) is 35.0 Å². The lowest BCUT2D eigenvalue weighted by Crippen LogP contribution is -2.19. The second kappa shape index (κ2) is 5.42. The molecular formula is C17H16ClN7. The fourth-order valence-corrected chi connectivity index (χ4v) is 3.29. The quantitative estimate of drug-likeness (QED) is 0.609. The second-order valence-electron chi connectivity index (χ2n) is 6.51. The minimum absolute atomic E-state index is 0.405. The first-order valence-corrected chi connectivity index (χ1v) is 8.67. The molecule has 1 fully saturated rings. The van der Waals surface area contributed by atoms with Gasteiger partial charge in [0.2, 0.25) is 11.7 Å². The zero-order chi connectivity index (χ0) is 17.0. The molecule has 25 heavy (non-hydrogen) atoms.